The molecule has 6 nitrogen and oxygen atoms in total. The van der Waals surface area contributed by atoms with Gasteiger partial charge in [0, 0.05) is 34.1 Å². The van der Waals surface area contributed by atoms with Crippen LogP contribution >= 0.6 is 23.2 Å². The summed E-state index contributed by atoms with van der Waals surface area (Å²) in [5.74, 6) is -1.37. The number of benzene rings is 2. The SMILES string of the molecule is CC(=O)c1c(-c2ccc(Cl)cc2)c(-c2ccc(Cl)cc2)nn(CCCC(=O)O)c1=O. The maximum Gasteiger partial charge on any atom is 0.303 e. The topological polar surface area (TPSA) is 89.3 Å². The lowest BCUT2D eigenvalue weighted by molar-refractivity contribution is -0.137. The van der Waals surface area contributed by atoms with Crippen molar-refractivity contribution in [2.45, 2.75) is 26.3 Å². The Bertz CT molecular complexity index is 1150. The first-order valence-corrected chi connectivity index (χ1v) is 9.93. The van der Waals surface area contributed by atoms with Crippen molar-refractivity contribution in [3.8, 4) is 22.4 Å². The Kier molecular flexibility index (Phi) is 6.70. The Morgan fingerprint density at radius 3 is 2.00 bits per heavy atom. The van der Waals surface area contributed by atoms with Gasteiger partial charge in [-0.1, -0.05) is 47.5 Å². The zero-order valence-corrected chi connectivity index (χ0v) is 17.6. The number of nitrogens with zero attached hydrogens (tertiary/aromatic N) is 2. The van der Waals surface area contributed by atoms with Crippen molar-refractivity contribution in [3.05, 3.63) is 74.5 Å². The van der Waals surface area contributed by atoms with E-state index in [1.165, 1.54) is 6.92 Å². The quantitative estimate of drug-likeness (QED) is 0.520. The van der Waals surface area contributed by atoms with Gasteiger partial charge in [-0.05, 0) is 43.2 Å². The summed E-state index contributed by atoms with van der Waals surface area (Å²) >= 11 is 12.0. The number of carboxylic acids is 1. The average molecular weight is 445 g/mol. The van der Waals surface area contributed by atoms with E-state index in [1.807, 2.05) is 0 Å². The van der Waals surface area contributed by atoms with E-state index in [-0.39, 0.29) is 24.9 Å². The summed E-state index contributed by atoms with van der Waals surface area (Å²) in [6.45, 7) is 1.40. The number of aromatic nitrogens is 2. The summed E-state index contributed by atoms with van der Waals surface area (Å²) < 4.78 is 1.16. The van der Waals surface area contributed by atoms with Crippen LogP contribution in [0.1, 0.15) is 30.1 Å². The van der Waals surface area contributed by atoms with Crippen LogP contribution in [0.25, 0.3) is 22.4 Å². The smallest absolute Gasteiger partial charge is 0.303 e. The molecule has 0 amide bonds. The van der Waals surface area contributed by atoms with E-state index in [4.69, 9.17) is 28.3 Å². The maximum atomic E-state index is 13.1. The van der Waals surface area contributed by atoms with Crippen molar-refractivity contribution in [1.82, 2.24) is 9.78 Å². The van der Waals surface area contributed by atoms with Gasteiger partial charge in [-0.2, -0.15) is 5.10 Å². The number of aliphatic carboxylic acids is 1. The maximum absolute atomic E-state index is 13.1. The molecule has 154 valence electrons. The van der Waals surface area contributed by atoms with Crippen molar-refractivity contribution in [2.24, 2.45) is 0 Å². The third-order valence-corrected chi connectivity index (χ3v) is 5.02. The highest BCUT2D eigenvalue weighted by Crippen LogP contribution is 2.33. The van der Waals surface area contributed by atoms with Gasteiger partial charge in [0.05, 0.1) is 11.3 Å². The zero-order chi connectivity index (χ0) is 21.8. The summed E-state index contributed by atoms with van der Waals surface area (Å²) in [6, 6.07) is 13.7. The highest BCUT2D eigenvalue weighted by Gasteiger charge is 2.23. The molecule has 30 heavy (non-hydrogen) atoms. The Morgan fingerprint density at radius 2 is 1.50 bits per heavy atom. The molecule has 1 heterocycles. The van der Waals surface area contributed by atoms with Crippen molar-refractivity contribution in [1.29, 1.82) is 0 Å². The second-order valence-electron chi connectivity index (χ2n) is 6.69. The van der Waals surface area contributed by atoms with Crippen LogP contribution in [-0.2, 0) is 11.3 Å². The minimum Gasteiger partial charge on any atom is -0.481 e. The van der Waals surface area contributed by atoms with Gasteiger partial charge in [-0.25, -0.2) is 4.68 Å². The van der Waals surface area contributed by atoms with E-state index < -0.39 is 17.3 Å². The van der Waals surface area contributed by atoms with Gasteiger partial charge in [0.2, 0.25) is 0 Å². The highest BCUT2D eigenvalue weighted by atomic mass is 35.5. The average Bonchev–Trinajstić information content (AvgIpc) is 2.69. The standard InChI is InChI=1S/C22H18Cl2N2O4/c1-13(27)19-20(14-4-8-16(23)9-5-14)21(15-6-10-17(24)11-7-15)25-26(22(19)30)12-2-3-18(28)29/h4-11H,2-3,12H2,1H3,(H,28,29). The minimum atomic E-state index is -0.967. The third kappa shape index (κ3) is 4.78. The summed E-state index contributed by atoms with van der Waals surface area (Å²) in [5, 5.41) is 14.4. The van der Waals surface area contributed by atoms with Crippen LogP contribution in [0.4, 0.5) is 0 Å². The first kappa shape index (κ1) is 21.7. The first-order valence-electron chi connectivity index (χ1n) is 9.17. The van der Waals surface area contributed by atoms with Crippen LogP contribution in [0.5, 0.6) is 0 Å². The monoisotopic (exact) mass is 444 g/mol. The largest absolute Gasteiger partial charge is 0.481 e. The second-order valence-corrected chi connectivity index (χ2v) is 7.57. The van der Waals surface area contributed by atoms with Gasteiger partial charge >= 0.3 is 5.97 Å². The van der Waals surface area contributed by atoms with E-state index in [2.05, 4.69) is 5.10 Å². The number of carbonyl (C=O) groups excluding carboxylic acids is 1. The van der Waals surface area contributed by atoms with Crippen LogP contribution in [0.2, 0.25) is 10.0 Å². The zero-order valence-electron chi connectivity index (χ0n) is 16.1. The molecule has 0 radical (unpaired) electrons. The number of ketones is 1. The number of carboxylic acid groups (broad SMARTS) is 1. The van der Waals surface area contributed by atoms with Crippen molar-refractivity contribution >= 4 is 35.0 Å². The molecule has 0 spiro atoms. The molecule has 1 aromatic heterocycles. The molecular weight excluding hydrogens is 427 g/mol. The fraction of sp³-hybridized carbons (Fsp3) is 0.182. The molecule has 0 aliphatic carbocycles. The van der Waals surface area contributed by atoms with Gasteiger partial charge < -0.3 is 5.11 Å². The third-order valence-electron chi connectivity index (χ3n) is 4.52. The van der Waals surface area contributed by atoms with Crippen molar-refractivity contribution in [3.63, 3.8) is 0 Å². The number of Topliss-reactive ketones (excluding diaryl/α,β-unsaturated/α-hetero) is 1. The van der Waals surface area contributed by atoms with Crippen LogP contribution < -0.4 is 5.56 Å². The molecule has 0 aliphatic heterocycles. The Labute approximate surface area is 182 Å². The molecule has 0 aliphatic rings. The number of aryl methyl sites for hydroxylation is 1. The van der Waals surface area contributed by atoms with Crippen LogP contribution in [0.3, 0.4) is 0 Å². The molecule has 0 atom stereocenters. The molecule has 3 rings (SSSR count). The van der Waals surface area contributed by atoms with E-state index >= 15 is 0 Å². The van der Waals surface area contributed by atoms with Crippen molar-refractivity contribution in [2.75, 3.05) is 0 Å². The normalized spacial score (nSPS) is 10.8. The van der Waals surface area contributed by atoms with E-state index in [1.54, 1.807) is 48.5 Å². The molecule has 8 heteroatoms. The predicted octanol–water partition coefficient (Wildman–Crippen LogP) is 4.95. The molecule has 1 N–H and O–H groups in total. The number of hydrogen-bond acceptors (Lipinski definition) is 4. The molecule has 0 saturated carbocycles. The van der Waals surface area contributed by atoms with Crippen LogP contribution in [-0.4, -0.2) is 26.6 Å². The number of carbonyl (C=O) groups is 2. The minimum absolute atomic E-state index is 0.00685. The summed E-state index contributed by atoms with van der Waals surface area (Å²) in [5.41, 5.74) is 1.55. The summed E-state index contributed by atoms with van der Waals surface area (Å²) in [6.07, 6.45) is 0.0959. The second kappa shape index (κ2) is 9.24. The van der Waals surface area contributed by atoms with Gasteiger partial charge in [0.25, 0.3) is 5.56 Å². The fourth-order valence-corrected chi connectivity index (χ4v) is 3.39. The van der Waals surface area contributed by atoms with E-state index in [0.29, 0.717) is 32.4 Å². The lowest BCUT2D eigenvalue weighted by Crippen LogP contribution is -2.30. The highest BCUT2D eigenvalue weighted by molar-refractivity contribution is 6.31. The van der Waals surface area contributed by atoms with Gasteiger partial charge in [-0.15, -0.1) is 0 Å². The molecule has 0 unspecified atom stereocenters. The van der Waals surface area contributed by atoms with Crippen LogP contribution in [0.15, 0.2) is 53.3 Å². The number of halogens is 2. The fourth-order valence-electron chi connectivity index (χ4n) is 3.14. The molecule has 0 fully saturated rings. The summed E-state index contributed by atoms with van der Waals surface area (Å²) in [7, 11) is 0. The Balaban J connectivity index is 2.29. The summed E-state index contributed by atoms with van der Waals surface area (Å²) in [4.78, 5) is 36.4. The molecule has 0 saturated heterocycles. The Hall–Kier alpha value is -2.96. The first-order chi connectivity index (χ1) is 14.3. The van der Waals surface area contributed by atoms with Gasteiger partial charge in [0.15, 0.2) is 5.78 Å². The number of rotatable bonds is 7. The van der Waals surface area contributed by atoms with Crippen molar-refractivity contribution < 1.29 is 14.7 Å². The lowest BCUT2D eigenvalue weighted by atomic mass is 9.94. The van der Waals surface area contributed by atoms with Crippen LogP contribution in [0, 0.1) is 0 Å². The molecule has 3 aromatic rings. The Morgan fingerprint density at radius 1 is 0.967 bits per heavy atom. The number of hydrogen-bond donors (Lipinski definition) is 1. The van der Waals surface area contributed by atoms with E-state index in [0.717, 1.165) is 4.68 Å². The molecule has 2 aromatic carbocycles. The molecule has 0 bridgehead atoms. The van der Waals surface area contributed by atoms with Gasteiger partial charge in [0.1, 0.15) is 0 Å². The van der Waals surface area contributed by atoms with Gasteiger partial charge in [-0.3, -0.25) is 14.4 Å². The van der Waals surface area contributed by atoms with E-state index in [9.17, 15) is 14.4 Å². The molecular formula is C22H18Cl2N2O4. The lowest BCUT2D eigenvalue weighted by Gasteiger charge is -2.16. The predicted molar refractivity (Wildman–Crippen MR) is 116 cm³/mol.